The zero-order valence-electron chi connectivity index (χ0n) is 34.8. The molecule has 3 aromatic heterocycles. The summed E-state index contributed by atoms with van der Waals surface area (Å²) in [6.45, 7) is 4.74. The molecule has 0 radical (unpaired) electrons. The van der Waals surface area contributed by atoms with Crippen LogP contribution >= 0.6 is 0 Å². The van der Waals surface area contributed by atoms with E-state index in [9.17, 15) is 0 Å². The smallest absolute Gasteiger partial charge is 0.238 e. The highest BCUT2D eigenvalue weighted by atomic mass is 15.2. The highest BCUT2D eigenvalue weighted by Crippen LogP contribution is 2.53. The lowest BCUT2D eigenvalue weighted by molar-refractivity contribution is 0.667. The van der Waals surface area contributed by atoms with Gasteiger partial charge >= 0.3 is 0 Å². The Morgan fingerprint density at radius 2 is 0.905 bits per heavy atom. The first-order valence-corrected chi connectivity index (χ1v) is 21.6. The van der Waals surface area contributed by atoms with Gasteiger partial charge in [0.1, 0.15) is 0 Å². The third kappa shape index (κ3) is 5.33. The molecule has 0 amide bonds. The molecule has 0 bridgehead atoms. The lowest BCUT2D eigenvalue weighted by Crippen LogP contribution is -2.15. The fourth-order valence-electron chi connectivity index (χ4n) is 10.4. The summed E-state index contributed by atoms with van der Waals surface area (Å²) in [7, 11) is 0. The summed E-state index contributed by atoms with van der Waals surface area (Å²) < 4.78 is 4.64. The van der Waals surface area contributed by atoms with Crippen molar-refractivity contribution in [1.29, 1.82) is 0 Å². The zero-order valence-corrected chi connectivity index (χ0v) is 34.8. The quantitative estimate of drug-likeness (QED) is 0.174. The maximum absolute atomic E-state index is 5.29. The molecule has 13 rings (SSSR count). The van der Waals surface area contributed by atoms with Gasteiger partial charge in [-0.05, 0) is 98.8 Å². The highest BCUT2D eigenvalue weighted by molar-refractivity contribution is 6.14. The van der Waals surface area contributed by atoms with Crippen LogP contribution in [0.15, 0.2) is 200 Å². The van der Waals surface area contributed by atoms with Crippen LogP contribution in [0.25, 0.3) is 111 Å². The van der Waals surface area contributed by atoms with Crippen molar-refractivity contribution >= 4 is 54.4 Å². The second-order valence-electron chi connectivity index (χ2n) is 17.3. The summed E-state index contributed by atoms with van der Waals surface area (Å²) in [4.78, 5) is 15.6. The Bertz CT molecular complexity index is 3750. The van der Waals surface area contributed by atoms with Gasteiger partial charge in [0.05, 0.1) is 22.1 Å². The average molecular weight is 806 g/mol. The number of fused-ring (bicyclic) bond motifs is 11. The third-order valence-electron chi connectivity index (χ3n) is 13.3. The van der Waals surface area contributed by atoms with E-state index in [0.717, 1.165) is 44.2 Å². The van der Waals surface area contributed by atoms with Crippen molar-refractivity contribution in [2.24, 2.45) is 0 Å². The molecule has 0 aliphatic heterocycles. The topological polar surface area (TPSA) is 48.5 Å². The number of benzene rings is 9. The first kappa shape index (κ1) is 35.6. The van der Waals surface area contributed by atoms with Crippen molar-refractivity contribution in [1.82, 2.24) is 24.1 Å². The SMILES string of the molecule is CC1(C)c2cc3c(cc2-c2ccc4ccccc4c21)c1cc(-c2ccc4c(c2)c2ccccc2n4-c2ccccc2)ccc1n3-c1nc(-c2ccccc2)nc(-c2ccccc2)n1. The van der Waals surface area contributed by atoms with E-state index in [-0.39, 0.29) is 5.41 Å². The fourth-order valence-corrected chi connectivity index (χ4v) is 10.4. The van der Waals surface area contributed by atoms with Gasteiger partial charge in [-0.15, -0.1) is 0 Å². The molecule has 0 N–H and O–H groups in total. The van der Waals surface area contributed by atoms with Crippen LogP contribution in [0.1, 0.15) is 25.0 Å². The predicted molar refractivity (Wildman–Crippen MR) is 260 cm³/mol. The van der Waals surface area contributed by atoms with Crippen LogP contribution < -0.4 is 0 Å². The Morgan fingerprint density at radius 1 is 0.365 bits per heavy atom. The van der Waals surface area contributed by atoms with Gasteiger partial charge in [0.15, 0.2) is 11.6 Å². The van der Waals surface area contributed by atoms with Gasteiger partial charge in [0.2, 0.25) is 5.95 Å². The van der Waals surface area contributed by atoms with Crippen molar-refractivity contribution in [3.63, 3.8) is 0 Å². The molecule has 9 aromatic carbocycles. The summed E-state index contributed by atoms with van der Waals surface area (Å²) in [6, 6.07) is 71.9. The minimum Gasteiger partial charge on any atom is -0.309 e. The van der Waals surface area contributed by atoms with Gasteiger partial charge in [-0.2, -0.15) is 9.97 Å². The Labute approximate surface area is 364 Å². The van der Waals surface area contributed by atoms with E-state index in [4.69, 9.17) is 15.0 Å². The van der Waals surface area contributed by atoms with Gasteiger partial charge in [-0.1, -0.05) is 159 Å². The highest BCUT2D eigenvalue weighted by Gasteiger charge is 2.38. The summed E-state index contributed by atoms with van der Waals surface area (Å²) in [5.74, 6) is 1.85. The Morgan fingerprint density at radius 3 is 1.59 bits per heavy atom. The summed E-state index contributed by atoms with van der Waals surface area (Å²) in [5, 5.41) is 7.33. The number of rotatable bonds is 5. The molecule has 0 atom stereocenters. The van der Waals surface area contributed by atoms with Crippen molar-refractivity contribution in [2.75, 3.05) is 0 Å². The molecular weight excluding hydrogens is 767 g/mol. The second-order valence-corrected chi connectivity index (χ2v) is 17.3. The molecule has 1 aliphatic carbocycles. The normalized spacial score (nSPS) is 13.0. The Hall–Kier alpha value is -8.15. The molecule has 0 saturated heterocycles. The lowest BCUT2D eigenvalue weighted by Gasteiger charge is -2.23. The van der Waals surface area contributed by atoms with Crippen LogP contribution in [0.2, 0.25) is 0 Å². The standard InChI is InChI=1S/C58H39N5/c1-58(2)49-35-53-48(34-45(49)44-29-26-36-16-12-13-23-42(36)54(44)58)47-33-40(39-27-30-51-46(32-39)43-24-14-15-25-50(43)62(51)41-21-10-5-11-22-41)28-31-52(47)63(53)57-60-55(37-17-6-3-7-18-37)59-56(61-57)38-19-8-4-9-20-38/h3-35H,1-2H3. The van der Waals surface area contributed by atoms with Crippen molar-refractivity contribution in [3.8, 4) is 56.7 Å². The molecule has 5 heteroatoms. The molecule has 0 unspecified atom stereocenters. The number of para-hydroxylation sites is 2. The van der Waals surface area contributed by atoms with Crippen LogP contribution in [-0.2, 0) is 5.41 Å². The molecule has 0 spiro atoms. The van der Waals surface area contributed by atoms with Crippen LogP contribution in [-0.4, -0.2) is 24.1 Å². The predicted octanol–water partition coefficient (Wildman–Crippen LogP) is 14.5. The summed E-state index contributed by atoms with van der Waals surface area (Å²) >= 11 is 0. The number of aromatic nitrogens is 5. The molecule has 12 aromatic rings. The molecule has 0 saturated carbocycles. The maximum Gasteiger partial charge on any atom is 0.238 e. The number of hydrogen-bond acceptors (Lipinski definition) is 3. The molecule has 3 heterocycles. The van der Waals surface area contributed by atoms with Crippen molar-refractivity contribution in [2.45, 2.75) is 19.3 Å². The van der Waals surface area contributed by atoms with E-state index in [0.29, 0.717) is 17.6 Å². The van der Waals surface area contributed by atoms with E-state index < -0.39 is 0 Å². The molecule has 5 nitrogen and oxygen atoms in total. The third-order valence-corrected chi connectivity index (χ3v) is 13.3. The zero-order chi connectivity index (χ0) is 41.8. The van der Waals surface area contributed by atoms with E-state index in [1.165, 1.54) is 60.4 Å². The van der Waals surface area contributed by atoms with Gasteiger partial charge in [0.25, 0.3) is 0 Å². The summed E-state index contributed by atoms with van der Waals surface area (Å²) in [5.41, 5.74) is 14.8. The van der Waals surface area contributed by atoms with E-state index >= 15 is 0 Å². The van der Waals surface area contributed by atoms with Crippen LogP contribution in [0.4, 0.5) is 0 Å². The minimum absolute atomic E-state index is 0.246. The van der Waals surface area contributed by atoms with Crippen LogP contribution in [0.3, 0.4) is 0 Å². The van der Waals surface area contributed by atoms with E-state index in [1.54, 1.807) is 0 Å². The Balaban J connectivity index is 1.08. The fraction of sp³-hybridized carbons (Fsp3) is 0.0517. The Kier molecular flexibility index (Phi) is 7.58. The van der Waals surface area contributed by atoms with Gasteiger partial charge in [-0.25, -0.2) is 4.98 Å². The van der Waals surface area contributed by atoms with Crippen LogP contribution in [0.5, 0.6) is 0 Å². The lowest BCUT2D eigenvalue weighted by atomic mass is 9.80. The second kappa shape index (κ2) is 13.4. The largest absolute Gasteiger partial charge is 0.309 e. The first-order chi connectivity index (χ1) is 31.0. The van der Waals surface area contributed by atoms with Gasteiger partial charge in [-0.3, -0.25) is 4.57 Å². The number of nitrogens with zero attached hydrogens (tertiary/aromatic N) is 5. The molecule has 63 heavy (non-hydrogen) atoms. The number of hydrogen-bond donors (Lipinski definition) is 0. The molecule has 1 aliphatic rings. The van der Waals surface area contributed by atoms with Crippen LogP contribution in [0, 0.1) is 0 Å². The maximum atomic E-state index is 5.29. The van der Waals surface area contributed by atoms with E-state index in [2.05, 4.69) is 187 Å². The van der Waals surface area contributed by atoms with Gasteiger partial charge < -0.3 is 4.57 Å². The minimum atomic E-state index is -0.246. The van der Waals surface area contributed by atoms with E-state index in [1.807, 2.05) is 36.4 Å². The average Bonchev–Trinajstić information content (AvgIpc) is 3.93. The van der Waals surface area contributed by atoms with Gasteiger partial charge in [0, 0.05) is 43.8 Å². The van der Waals surface area contributed by atoms with Crippen molar-refractivity contribution in [3.05, 3.63) is 211 Å². The van der Waals surface area contributed by atoms with Crippen molar-refractivity contribution < 1.29 is 0 Å². The molecule has 0 fully saturated rings. The summed E-state index contributed by atoms with van der Waals surface area (Å²) in [6.07, 6.45) is 0. The first-order valence-electron chi connectivity index (χ1n) is 21.6. The molecule has 296 valence electrons. The monoisotopic (exact) mass is 805 g/mol. The molecular formula is C58H39N5.